The fraction of sp³-hybridized carbons (Fsp3) is 0.920. The average Bonchev–Trinajstić information content (AvgIpc) is 2.98. The molecule has 5 saturated carbocycles. The van der Waals surface area contributed by atoms with Crippen molar-refractivity contribution >= 4 is 23.4 Å². The average molecular weight is 445 g/mol. The van der Waals surface area contributed by atoms with Gasteiger partial charge in [0, 0.05) is 29.7 Å². The number of amides is 2. The number of hydrogen-bond acceptors (Lipinski definition) is 2. The molecule has 0 aromatic heterocycles. The van der Waals surface area contributed by atoms with Crippen molar-refractivity contribution in [3.8, 4) is 0 Å². The van der Waals surface area contributed by atoms with E-state index >= 15 is 0 Å². The number of urea groups is 1. The molecule has 2 amide bonds. The smallest absolute Gasteiger partial charge is 0.315 e. The second-order valence-corrected chi connectivity index (χ2v) is 12.4. The standard InChI is InChI=1S/C25H40N4OS/c30-23(28-25-13-16-8-17(14-25)10-18(9-16)15-25)26-20-11-21-6-7-22(12-20)29(21)24(31)27-19-4-2-1-3-5-19/h16-22H,1-15H2,(H,27,31)(H2,26,28,30). The van der Waals surface area contributed by atoms with Crippen LogP contribution < -0.4 is 16.0 Å². The fourth-order valence-corrected chi connectivity index (χ4v) is 9.31. The molecule has 31 heavy (non-hydrogen) atoms. The zero-order chi connectivity index (χ0) is 21.0. The first-order valence-corrected chi connectivity index (χ1v) is 13.6. The molecule has 2 saturated heterocycles. The van der Waals surface area contributed by atoms with E-state index in [2.05, 4.69) is 20.9 Å². The lowest BCUT2D eigenvalue weighted by Gasteiger charge is -2.56. The number of hydrogen-bond donors (Lipinski definition) is 3. The van der Waals surface area contributed by atoms with Gasteiger partial charge in [-0.1, -0.05) is 19.3 Å². The summed E-state index contributed by atoms with van der Waals surface area (Å²) in [5.74, 6) is 2.59. The molecular weight excluding hydrogens is 404 g/mol. The Bertz CT molecular complexity index is 671. The molecule has 2 heterocycles. The van der Waals surface area contributed by atoms with Crippen molar-refractivity contribution in [3.05, 3.63) is 0 Å². The van der Waals surface area contributed by atoms with Crippen LogP contribution in [0.5, 0.6) is 0 Å². The first-order valence-electron chi connectivity index (χ1n) is 13.2. The second kappa shape index (κ2) is 8.07. The van der Waals surface area contributed by atoms with Gasteiger partial charge < -0.3 is 20.9 Å². The lowest BCUT2D eigenvalue weighted by atomic mass is 9.53. The van der Waals surface area contributed by atoms with Gasteiger partial charge in [0.15, 0.2) is 5.11 Å². The van der Waals surface area contributed by atoms with Gasteiger partial charge in [0.25, 0.3) is 0 Å². The lowest BCUT2D eigenvalue weighted by Crippen LogP contribution is -2.63. The Hall–Kier alpha value is -1.04. The van der Waals surface area contributed by atoms with Crippen LogP contribution in [0.4, 0.5) is 4.79 Å². The minimum Gasteiger partial charge on any atom is -0.360 e. The van der Waals surface area contributed by atoms with E-state index in [1.54, 1.807) is 0 Å². The second-order valence-electron chi connectivity index (χ2n) is 12.0. The van der Waals surface area contributed by atoms with Crippen molar-refractivity contribution in [2.75, 3.05) is 0 Å². The molecule has 6 bridgehead atoms. The molecule has 7 fully saturated rings. The van der Waals surface area contributed by atoms with Crippen LogP contribution in [-0.4, -0.2) is 45.7 Å². The molecule has 7 aliphatic rings. The topological polar surface area (TPSA) is 56.4 Å². The van der Waals surface area contributed by atoms with Crippen molar-refractivity contribution in [2.45, 2.75) is 126 Å². The van der Waals surface area contributed by atoms with E-state index in [9.17, 15) is 4.79 Å². The monoisotopic (exact) mass is 444 g/mol. The number of carbonyl (C=O) groups excluding carboxylic acids is 1. The van der Waals surface area contributed by atoms with Crippen LogP contribution in [0.15, 0.2) is 0 Å². The van der Waals surface area contributed by atoms with E-state index in [0.717, 1.165) is 35.7 Å². The van der Waals surface area contributed by atoms with E-state index in [0.29, 0.717) is 24.2 Å². The van der Waals surface area contributed by atoms with Crippen LogP contribution in [-0.2, 0) is 0 Å². The van der Waals surface area contributed by atoms with Crippen molar-refractivity contribution in [2.24, 2.45) is 17.8 Å². The number of rotatable bonds is 3. The van der Waals surface area contributed by atoms with Gasteiger partial charge in [-0.15, -0.1) is 0 Å². The highest BCUT2D eigenvalue weighted by Gasteiger charge is 2.52. The third kappa shape index (κ3) is 4.06. The summed E-state index contributed by atoms with van der Waals surface area (Å²) in [6.45, 7) is 0. The molecule has 0 aromatic rings. The SMILES string of the molecule is O=C(NC1CC2CCC(C1)N2C(=S)NC1CCCCC1)NC12CC3CC(CC(C3)C1)C2. The summed E-state index contributed by atoms with van der Waals surface area (Å²) in [5, 5.41) is 11.6. The fourth-order valence-electron chi connectivity index (χ4n) is 8.85. The summed E-state index contributed by atoms with van der Waals surface area (Å²) in [6.07, 6.45) is 19.0. The largest absolute Gasteiger partial charge is 0.360 e. The van der Waals surface area contributed by atoms with Crippen molar-refractivity contribution in [1.29, 1.82) is 0 Å². The third-order valence-electron chi connectivity index (χ3n) is 9.65. The Labute approximate surface area is 192 Å². The van der Waals surface area contributed by atoms with Crippen molar-refractivity contribution in [3.63, 3.8) is 0 Å². The Balaban J connectivity index is 1.03. The Kier molecular flexibility index (Phi) is 5.35. The summed E-state index contributed by atoms with van der Waals surface area (Å²) in [7, 11) is 0. The molecule has 3 N–H and O–H groups in total. The van der Waals surface area contributed by atoms with Gasteiger partial charge in [-0.05, 0) is 107 Å². The van der Waals surface area contributed by atoms with Crippen LogP contribution >= 0.6 is 12.2 Å². The summed E-state index contributed by atoms with van der Waals surface area (Å²) < 4.78 is 0. The quantitative estimate of drug-likeness (QED) is 0.563. The molecule has 2 atom stereocenters. The molecule has 5 aliphatic carbocycles. The van der Waals surface area contributed by atoms with Gasteiger partial charge in [0.1, 0.15) is 0 Å². The third-order valence-corrected chi connectivity index (χ3v) is 9.98. The molecule has 0 aromatic carbocycles. The number of thiocarbonyl (C=S) groups is 1. The highest BCUT2D eigenvalue weighted by Crippen LogP contribution is 2.55. The number of piperidine rings is 1. The van der Waals surface area contributed by atoms with Gasteiger partial charge >= 0.3 is 6.03 Å². The number of carbonyl (C=O) groups is 1. The van der Waals surface area contributed by atoms with E-state index in [-0.39, 0.29) is 11.6 Å². The van der Waals surface area contributed by atoms with E-state index in [1.807, 2.05) is 0 Å². The van der Waals surface area contributed by atoms with Gasteiger partial charge in [-0.25, -0.2) is 4.79 Å². The molecule has 5 nitrogen and oxygen atoms in total. The Morgan fingerprint density at radius 2 is 1.32 bits per heavy atom. The summed E-state index contributed by atoms with van der Waals surface area (Å²) in [6, 6.07) is 1.95. The molecule has 172 valence electrons. The number of nitrogens with zero attached hydrogens (tertiary/aromatic N) is 1. The minimum absolute atomic E-state index is 0.0997. The predicted molar refractivity (Wildman–Crippen MR) is 127 cm³/mol. The van der Waals surface area contributed by atoms with Crippen molar-refractivity contribution < 1.29 is 4.79 Å². The summed E-state index contributed by atoms with van der Waals surface area (Å²) in [5.41, 5.74) is 0.101. The lowest BCUT2D eigenvalue weighted by molar-refractivity contribution is -0.0138. The minimum atomic E-state index is 0.0997. The maximum absolute atomic E-state index is 13.0. The van der Waals surface area contributed by atoms with Gasteiger partial charge in [0.2, 0.25) is 0 Å². The molecule has 0 radical (unpaired) electrons. The normalized spacial score (nSPS) is 43.7. The first-order chi connectivity index (χ1) is 15.1. The Morgan fingerprint density at radius 3 is 1.90 bits per heavy atom. The van der Waals surface area contributed by atoms with Gasteiger partial charge in [0.05, 0.1) is 0 Å². The van der Waals surface area contributed by atoms with Gasteiger partial charge in [-0.3, -0.25) is 0 Å². The molecule has 2 aliphatic heterocycles. The first kappa shape index (κ1) is 20.6. The maximum atomic E-state index is 13.0. The van der Waals surface area contributed by atoms with Crippen LogP contribution in [0.1, 0.15) is 96.3 Å². The Morgan fingerprint density at radius 1 is 0.742 bits per heavy atom. The van der Waals surface area contributed by atoms with Crippen LogP contribution in [0.3, 0.4) is 0 Å². The van der Waals surface area contributed by atoms with Crippen LogP contribution in [0.2, 0.25) is 0 Å². The molecule has 6 heteroatoms. The van der Waals surface area contributed by atoms with Gasteiger partial charge in [-0.2, -0.15) is 0 Å². The molecule has 2 unspecified atom stereocenters. The van der Waals surface area contributed by atoms with E-state index in [1.165, 1.54) is 83.5 Å². The van der Waals surface area contributed by atoms with Crippen LogP contribution in [0.25, 0.3) is 0 Å². The summed E-state index contributed by atoms with van der Waals surface area (Å²) in [4.78, 5) is 15.5. The van der Waals surface area contributed by atoms with Crippen molar-refractivity contribution in [1.82, 2.24) is 20.9 Å². The maximum Gasteiger partial charge on any atom is 0.315 e. The molecular formula is C25H40N4OS. The number of fused-ring (bicyclic) bond motifs is 2. The van der Waals surface area contributed by atoms with E-state index in [4.69, 9.17) is 12.2 Å². The summed E-state index contributed by atoms with van der Waals surface area (Å²) >= 11 is 5.86. The molecule has 7 rings (SSSR count). The predicted octanol–water partition coefficient (Wildman–Crippen LogP) is 4.46. The molecule has 0 spiro atoms. The number of nitrogens with one attached hydrogen (secondary N) is 3. The van der Waals surface area contributed by atoms with E-state index < -0.39 is 0 Å². The highest BCUT2D eigenvalue weighted by molar-refractivity contribution is 7.80. The highest BCUT2D eigenvalue weighted by atomic mass is 32.1. The zero-order valence-electron chi connectivity index (χ0n) is 18.9. The van der Waals surface area contributed by atoms with Crippen LogP contribution in [0, 0.1) is 17.8 Å². The zero-order valence-corrected chi connectivity index (χ0v) is 19.7.